The highest BCUT2D eigenvalue weighted by Crippen LogP contribution is 2.23. The topological polar surface area (TPSA) is 68.0 Å². The molecule has 0 spiro atoms. The Bertz CT molecular complexity index is 1040. The highest BCUT2D eigenvalue weighted by atomic mass is 79.9. The molecule has 0 aliphatic heterocycles. The van der Waals surface area contributed by atoms with Crippen molar-refractivity contribution in [2.75, 3.05) is 0 Å². The second-order valence-electron chi connectivity index (χ2n) is 4.82. The van der Waals surface area contributed by atoms with Crippen molar-refractivity contribution >= 4 is 32.7 Å². The minimum Gasteiger partial charge on any atom is -0.318 e. The minimum absolute atomic E-state index is 0.209. The monoisotopic (exact) mass is 343 g/mol. The molecule has 3 heterocycles. The van der Waals surface area contributed by atoms with E-state index in [4.69, 9.17) is 0 Å². The van der Waals surface area contributed by atoms with Gasteiger partial charge < -0.3 is 9.55 Å². The lowest BCUT2D eigenvalue weighted by molar-refractivity contribution is 0.875. The average molecular weight is 344 g/mol. The van der Waals surface area contributed by atoms with Gasteiger partial charge >= 0.3 is 0 Å². The SMILES string of the molecule is Cn1cnc2c(=O)[nH]c3cc(-c4cccc(Br)c4)nn3c21. The fourth-order valence-electron chi connectivity index (χ4n) is 2.43. The summed E-state index contributed by atoms with van der Waals surface area (Å²) in [6.07, 6.45) is 1.61. The molecule has 0 atom stereocenters. The van der Waals surface area contributed by atoms with Gasteiger partial charge in [0.15, 0.2) is 11.2 Å². The highest BCUT2D eigenvalue weighted by Gasteiger charge is 2.13. The largest absolute Gasteiger partial charge is 0.318 e. The number of benzene rings is 1. The smallest absolute Gasteiger partial charge is 0.279 e. The Hall–Kier alpha value is -2.41. The van der Waals surface area contributed by atoms with E-state index < -0.39 is 0 Å². The van der Waals surface area contributed by atoms with Gasteiger partial charge in [-0.25, -0.2) is 4.98 Å². The van der Waals surface area contributed by atoms with Crippen LogP contribution >= 0.6 is 15.9 Å². The van der Waals surface area contributed by atoms with Crippen molar-refractivity contribution in [2.24, 2.45) is 7.05 Å². The molecule has 0 amide bonds. The van der Waals surface area contributed by atoms with E-state index >= 15 is 0 Å². The first-order valence-corrected chi connectivity index (χ1v) is 7.12. The molecule has 0 unspecified atom stereocenters. The standard InChI is InChI=1S/C14H10BrN5O/c1-19-7-16-12-13(21)17-11-6-10(18-20(11)14(12)19)8-3-2-4-9(15)5-8/h2-7H,1H3,(H,17,21). The maximum atomic E-state index is 12.0. The highest BCUT2D eigenvalue weighted by molar-refractivity contribution is 9.10. The molecular weight excluding hydrogens is 334 g/mol. The van der Waals surface area contributed by atoms with Crippen LogP contribution in [-0.4, -0.2) is 24.1 Å². The van der Waals surface area contributed by atoms with Gasteiger partial charge in [0.25, 0.3) is 5.56 Å². The lowest BCUT2D eigenvalue weighted by Gasteiger charge is -1.98. The number of hydrogen-bond acceptors (Lipinski definition) is 3. The van der Waals surface area contributed by atoms with Gasteiger partial charge in [0.05, 0.1) is 12.0 Å². The Kier molecular flexibility index (Phi) is 2.52. The van der Waals surface area contributed by atoms with Crippen molar-refractivity contribution in [2.45, 2.75) is 0 Å². The second kappa shape index (κ2) is 4.29. The molecule has 7 heteroatoms. The molecule has 0 fully saturated rings. The van der Waals surface area contributed by atoms with Gasteiger partial charge in [-0.1, -0.05) is 28.1 Å². The number of rotatable bonds is 1. The van der Waals surface area contributed by atoms with E-state index in [9.17, 15) is 4.79 Å². The normalized spacial score (nSPS) is 11.5. The lowest BCUT2D eigenvalue weighted by Crippen LogP contribution is -2.10. The van der Waals surface area contributed by atoms with Crippen molar-refractivity contribution in [3.8, 4) is 11.3 Å². The van der Waals surface area contributed by atoms with Crippen LogP contribution < -0.4 is 5.56 Å². The Balaban J connectivity index is 2.08. The number of fused-ring (bicyclic) bond motifs is 3. The van der Waals surface area contributed by atoms with Gasteiger partial charge in [-0.15, -0.1) is 0 Å². The van der Waals surface area contributed by atoms with Gasteiger partial charge in [0, 0.05) is 23.2 Å². The van der Waals surface area contributed by atoms with Crippen molar-refractivity contribution in [3.05, 3.63) is 51.5 Å². The summed E-state index contributed by atoms with van der Waals surface area (Å²) in [6, 6.07) is 9.73. The van der Waals surface area contributed by atoms with Gasteiger partial charge in [0.1, 0.15) is 5.65 Å². The zero-order valence-corrected chi connectivity index (χ0v) is 12.6. The van der Waals surface area contributed by atoms with Gasteiger partial charge in [-0.2, -0.15) is 9.61 Å². The molecule has 3 aromatic heterocycles. The van der Waals surface area contributed by atoms with Crippen LogP contribution in [0.1, 0.15) is 0 Å². The molecule has 21 heavy (non-hydrogen) atoms. The third-order valence-electron chi connectivity index (χ3n) is 3.39. The number of H-pyrrole nitrogens is 1. The molecular formula is C14H10BrN5O. The maximum absolute atomic E-state index is 12.0. The molecule has 4 rings (SSSR count). The number of aromatic nitrogens is 5. The molecule has 0 radical (unpaired) electrons. The number of nitrogens with zero attached hydrogens (tertiary/aromatic N) is 4. The fraction of sp³-hybridized carbons (Fsp3) is 0.0714. The first-order chi connectivity index (χ1) is 10.1. The first-order valence-electron chi connectivity index (χ1n) is 6.32. The predicted octanol–water partition coefficient (Wildman–Crippen LogP) is 2.34. The second-order valence-corrected chi connectivity index (χ2v) is 5.73. The van der Waals surface area contributed by atoms with Crippen LogP contribution in [0.5, 0.6) is 0 Å². The minimum atomic E-state index is -0.209. The Morgan fingerprint density at radius 3 is 2.95 bits per heavy atom. The quantitative estimate of drug-likeness (QED) is 0.576. The zero-order chi connectivity index (χ0) is 14.6. The number of aromatic amines is 1. The number of hydrogen-bond donors (Lipinski definition) is 1. The van der Waals surface area contributed by atoms with Gasteiger partial charge in [0.2, 0.25) is 0 Å². The van der Waals surface area contributed by atoms with Crippen molar-refractivity contribution in [3.63, 3.8) is 0 Å². The summed E-state index contributed by atoms with van der Waals surface area (Å²) in [4.78, 5) is 18.9. The van der Waals surface area contributed by atoms with Crippen molar-refractivity contribution in [1.29, 1.82) is 0 Å². The Labute approximate surface area is 127 Å². The predicted molar refractivity (Wildman–Crippen MR) is 83.2 cm³/mol. The van der Waals surface area contributed by atoms with Crippen LogP contribution in [0.4, 0.5) is 0 Å². The molecule has 4 aromatic rings. The van der Waals surface area contributed by atoms with E-state index in [-0.39, 0.29) is 5.56 Å². The van der Waals surface area contributed by atoms with E-state index in [1.54, 1.807) is 15.4 Å². The summed E-state index contributed by atoms with van der Waals surface area (Å²) < 4.78 is 4.48. The summed E-state index contributed by atoms with van der Waals surface area (Å²) in [5.41, 5.74) is 3.26. The van der Waals surface area contributed by atoms with Crippen LogP contribution in [0.2, 0.25) is 0 Å². The van der Waals surface area contributed by atoms with Gasteiger partial charge in [-0.3, -0.25) is 4.79 Å². The summed E-state index contributed by atoms with van der Waals surface area (Å²) in [5.74, 6) is 0. The zero-order valence-electron chi connectivity index (χ0n) is 11.0. The fourth-order valence-corrected chi connectivity index (χ4v) is 2.83. The summed E-state index contributed by atoms with van der Waals surface area (Å²) >= 11 is 3.45. The Morgan fingerprint density at radius 1 is 1.29 bits per heavy atom. The average Bonchev–Trinajstić information content (AvgIpc) is 3.03. The van der Waals surface area contributed by atoms with E-state index in [1.807, 2.05) is 37.4 Å². The van der Waals surface area contributed by atoms with Crippen LogP contribution in [0.25, 0.3) is 28.1 Å². The number of aryl methyl sites for hydroxylation is 1. The van der Waals surface area contributed by atoms with E-state index in [0.717, 1.165) is 15.7 Å². The van der Waals surface area contributed by atoms with E-state index in [0.29, 0.717) is 16.8 Å². The maximum Gasteiger partial charge on any atom is 0.279 e. The van der Waals surface area contributed by atoms with Crippen LogP contribution in [0, 0.1) is 0 Å². The molecule has 1 aromatic carbocycles. The molecule has 0 aliphatic carbocycles. The molecule has 0 saturated carbocycles. The van der Waals surface area contributed by atoms with E-state index in [2.05, 4.69) is 31.0 Å². The number of halogens is 1. The van der Waals surface area contributed by atoms with Crippen LogP contribution in [0.15, 0.2) is 45.9 Å². The first kappa shape index (κ1) is 12.3. The van der Waals surface area contributed by atoms with Crippen molar-refractivity contribution < 1.29 is 0 Å². The van der Waals surface area contributed by atoms with Gasteiger partial charge in [-0.05, 0) is 12.1 Å². The Morgan fingerprint density at radius 2 is 2.14 bits per heavy atom. The lowest BCUT2D eigenvalue weighted by atomic mass is 10.2. The molecule has 104 valence electrons. The third kappa shape index (κ3) is 1.81. The van der Waals surface area contributed by atoms with E-state index in [1.165, 1.54) is 0 Å². The molecule has 1 N–H and O–H groups in total. The molecule has 0 saturated heterocycles. The van der Waals surface area contributed by atoms with Crippen LogP contribution in [-0.2, 0) is 7.05 Å². The summed E-state index contributed by atoms with van der Waals surface area (Å²) in [7, 11) is 1.84. The van der Waals surface area contributed by atoms with Crippen molar-refractivity contribution in [1.82, 2.24) is 24.1 Å². The third-order valence-corrected chi connectivity index (χ3v) is 3.89. The molecule has 0 aliphatic rings. The van der Waals surface area contributed by atoms with Crippen LogP contribution in [0.3, 0.4) is 0 Å². The summed E-state index contributed by atoms with van der Waals surface area (Å²) in [6.45, 7) is 0. The number of imidazole rings is 1. The molecule has 0 bridgehead atoms. The summed E-state index contributed by atoms with van der Waals surface area (Å²) in [5, 5.41) is 4.59. The number of nitrogens with one attached hydrogen (secondary N) is 1. The molecule has 6 nitrogen and oxygen atoms in total.